The zero-order chi connectivity index (χ0) is 18.6. The van der Waals surface area contributed by atoms with Crippen molar-refractivity contribution in [2.24, 2.45) is 11.8 Å². The minimum Gasteiger partial charge on any atom is -0.477 e. The van der Waals surface area contributed by atoms with Gasteiger partial charge < -0.3 is 14.4 Å². The zero-order valence-corrected chi connectivity index (χ0v) is 14.5. The zero-order valence-electron chi connectivity index (χ0n) is 14.5. The fourth-order valence-electron chi connectivity index (χ4n) is 3.33. The number of piperidine rings is 1. The fourth-order valence-corrected chi connectivity index (χ4v) is 3.33. The molecule has 8 heteroatoms. The van der Waals surface area contributed by atoms with Crippen LogP contribution in [-0.2, 0) is 4.74 Å². The van der Waals surface area contributed by atoms with Crippen LogP contribution < -0.4 is 4.74 Å². The first-order valence-electron chi connectivity index (χ1n) is 8.96. The molecule has 0 bridgehead atoms. The Balaban J connectivity index is 1.55. The standard InChI is InChI=1S/C18H23F3N2O3/c19-18(20,21)15-2-7-23(8-3-15)17(24)14-1-6-22-16(11-14)26-12-13-4-9-25-10-5-13/h1,6,11,13,15H,2-5,7-10,12H2. The quantitative estimate of drug-likeness (QED) is 0.814. The lowest BCUT2D eigenvalue weighted by molar-refractivity contribution is -0.183. The number of amides is 1. The first-order chi connectivity index (χ1) is 12.4. The molecule has 2 aliphatic rings. The van der Waals surface area contributed by atoms with Gasteiger partial charge in [0.2, 0.25) is 5.88 Å². The minimum atomic E-state index is -4.18. The number of pyridine rings is 1. The van der Waals surface area contributed by atoms with Crippen LogP contribution in [0.2, 0.25) is 0 Å². The number of carbonyl (C=O) groups is 1. The van der Waals surface area contributed by atoms with Crippen molar-refractivity contribution in [1.82, 2.24) is 9.88 Å². The van der Waals surface area contributed by atoms with E-state index in [9.17, 15) is 18.0 Å². The number of halogens is 3. The Morgan fingerprint density at radius 3 is 2.58 bits per heavy atom. The lowest BCUT2D eigenvalue weighted by atomic mass is 9.96. The van der Waals surface area contributed by atoms with E-state index in [-0.39, 0.29) is 31.8 Å². The lowest BCUT2D eigenvalue weighted by Gasteiger charge is -2.33. The summed E-state index contributed by atoms with van der Waals surface area (Å²) in [6.45, 7) is 2.21. The summed E-state index contributed by atoms with van der Waals surface area (Å²) in [4.78, 5) is 18.2. The van der Waals surface area contributed by atoms with E-state index in [1.165, 1.54) is 11.1 Å². The average molecular weight is 372 g/mol. The SMILES string of the molecule is O=C(c1ccnc(OCC2CCOCC2)c1)N1CCC(C(F)(F)F)CC1. The van der Waals surface area contributed by atoms with Gasteiger partial charge in [-0.3, -0.25) is 4.79 Å². The number of likely N-dealkylation sites (tertiary alicyclic amines) is 1. The molecule has 0 radical (unpaired) electrons. The summed E-state index contributed by atoms with van der Waals surface area (Å²) in [7, 11) is 0. The van der Waals surface area contributed by atoms with Gasteiger partial charge in [-0.05, 0) is 37.7 Å². The van der Waals surface area contributed by atoms with E-state index in [2.05, 4.69) is 4.98 Å². The monoisotopic (exact) mass is 372 g/mol. The third-order valence-corrected chi connectivity index (χ3v) is 5.03. The molecule has 3 rings (SSSR count). The highest BCUT2D eigenvalue weighted by molar-refractivity contribution is 5.94. The summed E-state index contributed by atoms with van der Waals surface area (Å²) in [6, 6.07) is 3.14. The van der Waals surface area contributed by atoms with E-state index in [4.69, 9.17) is 9.47 Å². The van der Waals surface area contributed by atoms with Crippen molar-refractivity contribution in [3.8, 4) is 5.88 Å². The Labute approximate surface area is 150 Å². The van der Waals surface area contributed by atoms with Gasteiger partial charge in [-0.2, -0.15) is 13.2 Å². The number of nitrogens with zero attached hydrogens (tertiary/aromatic N) is 2. The molecule has 0 saturated carbocycles. The minimum absolute atomic E-state index is 0.0482. The van der Waals surface area contributed by atoms with Gasteiger partial charge in [-0.25, -0.2) is 4.98 Å². The Bertz CT molecular complexity index is 610. The summed E-state index contributed by atoms with van der Waals surface area (Å²) in [5, 5.41) is 0. The molecule has 26 heavy (non-hydrogen) atoms. The average Bonchev–Trinajstić information content (AvgIpc) is 2.66. The van der Waals surface area contributed by atoms with E-state index in [0.717, 1.165) is 26.1 Å². The van der Waals surface area contributed by atoms with E-state index in [0.29, 0.717) is 24.0 Å². The third-order valence-electron chi connectivity index (χ3n) is 5.03. The van der Waals surface area contributed by atoms with Crippen molar-refractivity contribution in [3.05, 3.63) is 23.9 Å². The van der Waals surface area contributed by atoms with Gasteiger partial charge in [0.05, 0.1) is 12.5 Å². The third kappa shape index (κ3) is 4.87. The highest BCUT2D eigenvalue weighted by Gasteiger charge is 2.41. The lowest BCUT2D eigenvalue weighted by Crippen LogP contribution is -2.42. The largest absolute Gasteiger partial charge is 0.477 e. The van der Waals surface area contributed by atoms with Crippen molar-refractivity contribution in [2.75, 3.05) is 32.9 Å². The molecule has 2 fully saturated rings. The molecule has 2 saturated heterocycles. The number of hydrogen-bond acceptors (Lipinski definition) is 4. The molecular formula is C18H23F3N2O3. The molecule has 2 aliphatic heterocycles. The maximum atomic E-state index is 12.7. The summed E-state index contributed by atoms with van der Waals surface area (Å²) >= 11 is 0. The number of aromatic nitrogens is 1. The van der Waals surface area contributed by atoms with Crippen LogP contribution in [0.25, 0.3) is 0 Å². The molecule has 1 aromatic heterocycles. The van der Waals surface area contributed by atoms with E-state index >= 15 is 0 Å². The van der Waals surface area contributed by atoms with Gasteiger partial charge >= 0.3 is 6.18 Å². The predicted molar refractivity (Wildman–Crippen MR) is 88.0 cm³/mol. The second-order valence-electron chi connectivity index (χ2n) is 6.86. The molecule has 1 amide bonds. The molecule has 5 nitrogen and oxygen atoms in total. The van der Waals surface area contributed by atoms with Crippen LogP contribution in [0.3, 0.4) is 0 Å². The summed E-state index contributed by atoms with van der Waals surface area (Å²) in [5.41, 5.74) is 0.396. The highest BCUT2D eigenvalue weighted by Crippen LogP contribution is 2.34. The molecule has 0 N–H and O–H groups in total. The van der Waals surface area contributed by atoms with Gasteiger partial charge in [0.25, 0.3) is 5.91 Å². The number of carbonyl (C=O) groups excluding carboxylic acids is 1. The van der Waals surface area contributed by atoms with Crippen molar-refractivity contribution in [1.29, 1.82) is 0 Å². The topological polar surface area (TPSA) is 51.7 Å². The van der Waals surface area contributed by atoms with Crippen LogP contribution in [0, 0.1) is 11.8 Å². The van der Waals surface area contributed by atoms with Crippen LogP contribution in [0.1, 0.15) is 36.0 Å². The summed E-state index contributed by atoms with van der Waals surface area (Å²) in [6.07, 6.45) is -0.910. The molecule has 0 aromatic carbocycles. The maximum Gasteiger partial charge on any atom is 0.391 e. The Morgan fingerprint density at radius 2 is 1.92 bits per heavy atom. The van der Waals surface area contributed by atoms with Crippen molar-refractivity contribution < 1.29 is 27.4 Å². The van der Waals surface area contributed by atoms with Crippen LogP contribution >= 0.6 is 0 Å². The van der Waals surface area contributed by atoms with Crippen molar-refractivity contribution in [3.63, 3.8) is 0 Å². The van der Waals surface area contributed by atoms with Crippen LogP contribution in [-0.4, -0.2) is 54.9 Å². The number of alkyl halides is 3. The number of ether oxygens (including phenoxy) is 2. The molecule has 1 aromatic rings. The van der Waals surface area contributed by atoms with E-state index in [1.54, 1.807) is 12.1 Å². The predicted octanol–water partition coefficient (Wildman–Crippen LogP) is 3.30. The van der Waals surface area contributed by atoms with Gasteiger partial charge in [0.1, 0.15) is 0 Å². The normalized spacial score (nSPS) is 20.2. The van der Waals surface area contributed by atoms with Crippen molar-refractivity contribution in [2.45, 2.75) is 31.9 Å². The molecule has 0 spiro atoms. The molecule has 0 unspecified atom stereocenters. The summed E-state index contributed by atoms with van der Waals surface area (Å²) < 4.78 is 49.2. The first kappa shape index (κ1) is 18.9. The van der Waals surface area contributed by atoms with Crippen LogP contribution in [0.5, 0.6) is 5.88 Å². The van der Waals surface area contributed by atoms with E-state index < -0.39 is 12.1 Å². The second kappa shape index (κ2) is 8.24. The van der Waals surface area contributed by atoms with Crippen molar-refractivity contribution >= 4 is 5.91 Å². The molecule has 0 aliphatic carbocycles. The Morgan fingerprint density at radius 1 is 1.23 bits per heavy atom. The molecule has 144 valence electrons. The number of hydrogen-bond donors (Lipinski definition) is 0. The number of rotatable bonds is 4. The highest BCUT2D eigenvalue weighted by atomic mass is 19.4. The van der Waals surface area contributed by atoms with Gasteiger partial charge in [0, 0.05) is 44.1 Å². The molecule has 3 heterocycles. The van der Waals surface area contributed by atoms with E-state index in [1.807, 2.05) is 0 Å². The Hall–Kier alpha value is -1.83. The van der Waals surface area contributed by atoms with Gasteiger partial charge in [-0.1, -0.05) is 0 Å². The van der Waals surface area contributed by atoms with Gasteiger partial charge in [-0.15, -0.1) is 0 Å². The van der Waals surface area contributed by atoms with Crippen LogP contribution in [0.15, 0.2) is 18.3 Å². The first-order valence-corrected chi connectivity index (χ1v) is 8.96. The smallest absolute Gasteiger partial charge is 0.391 e. The van der Waals surface area contributed by atoms with Crippen LogP contribution in [0.4, 0.5) is 13.2 Å². The van der Waals surface area contributed by atoms with Gasteiger partial charge in [0.15, 0.2) is 0 Å². The molecular weight excluding hydrogens is 349 g/mol. The Kier molecular flexibility index (Phi) is 6.01. The summed E-state index contributed by atoms with van der Waals surface area (Å²) in [5.74, 6) is -0.815. The second-order valence-corrected chi connectivity index (χ2v) is 6.86. The maximum absolute atomic E-state index is 12.7. The fraction of sp³-hybridized carbons (Fsp3) is 0.667. The molecule has 0 atom stereocenters.